The van der Waals surface area contributed by atoms with Gasteiger partial charge in [0.05, 0.1) is 0 Å². The molecule has 1 aliphatic heterocycles. The molecule has 4 aromatic carbocycles. The lowest BCUT2D eigenvalue weighted by Gasteiger charge is -2.16. The van der Waals surface area contributed by atoms with E-state index in [0.717, 1.165) is 0 Å². The van der Waals surface area contributed by atoms with Gasteiger partial charge in [0.15, 0.2) is 0 Å². The van der Waals surface area contributed by atoms with E-state index in [2.05, 4.69) is 176 Å². The predicted octanol–water partition coefficient (Wildman–Crippen LogP) is 11.7. The van der Waals surface area contributed by atoms with Gasteiger partial charge in [-0.25, -0.2) is 0 Å². The molecule has 2 heteroatoms. The van der Waals surface area contributed by atoms with E-state index in [1.54, 1.807) is 0 Å². The quantitative estimate of drug-likeness (QED) is 0.141. The van der Waals surface area contributed by atoms with Gasteiger partial charge in [-0.05, 0) is 58.2 Å². The summed E-state index contributed by atoms with van der Waals surface area (Å²) in [6.45, 7) is 0. The van der Waals surface area contributed by atoms with Gasteiger partial charge in [0.2, 0.25) is 21.1 Å². The lowest BCUT2D eigenvalue weighted by atomic mass is 10.0. The third-order valence-electron chi connectivity index (χ3n) is 6.70. The van der Waals surface area contributed by atoms with Crippen molar-refractivity contribution in [2.24, 2.45) is 0 Å². The molecule has 0 saturated heterocycles. The largest absolute Gasteiger partial charge is 0.239 e. The van der Waals surface area contributed by atoms with Gasteiger partial charge in [0.1, 0.15) is 0 Å². The van der Waals surface area contributed by atoms with Crippen LogP contribution in [-0.2, 0) is 0 Å². The third-order valence-corrected chi connectivity index (χ3v) is 8.82. The van der Waals surface area contributed by atoms with E-state index in [4.69, 9.17) is 0 Å². The van der Waals surface area contributed by atoms with Gasteiger partial charge in [0, 0.05) is 33.6 Å². The number of allylic oxidation sites excluding steroid dienone is 7. The SMILES string of the molecule is C1=C(c2ccccc2)C=C(c2ccccc2)S\C1=C/C=C/C=C/c1cc(-c2ccccc2)cc(-c2ccccc2)[s+]1. The zero-order valence-corrected chi connectivity index (χ0v) is 24.2. The van der Waals surface area contributed by atoms with E-state index in [1.807, 2.05) is 23.1 Å². The minimum atomic E-state index is 1.22. The molecule has 0 aliphatic carbocycles. The molecule has 0 radical (unpaired) electrons. The Labute approximate surface area is 251 Å². The van der Waals surface area contributed by atoms with Crippen molar-refractivity contribution in [3.05, 3.63) is 191 Å². The van der Waals surface area contributed by atoms with Crippen molar-refractivity contribution in [3.8, 4) is 21.6 Å². The number of hydrogen-bond donors (Lipinski definition) is 0. The summed E-state index contributed by atoms with van der Waals surface area (Å²) in [4.78, 5) is 4.95. The van der Waals surface area contributed by atoms with Crippen molar-refractivity contribution in [3.63, 3.8) is 0 Å². The second-order valence-corrected chi connectivity index (χ2v) is 11.8. The predicted molar refractivity (Wildman–Crippen MR) is 182 cm³/mol. The summed E-state index contributed by atoms with van der Waals surface area (Å²) in [5.41, 5.74) is 7.39. The third kappa shape index (κ3) is 6.99. The zero-order chi connectivity index (χ0) is 27.7. The topological polar surface area (TPSA) is 0 Å². The number of rotatable bonds is 7. The van der Waals surface area contributed by atoms with Gasteiger partial charge in [-0.1, -0.05) is 139 Å². The van der Waals surface area contributed by atoms with Crippen LogP contribution in [0.4, 0.5) is 0 Å². The monoisotopic (exact) mass is 561 g/mol. The summed E-state index contributed by atoms with van der Waals surface area (Å²) < 4.78 is 0. The Morgan fingerprint density at radius 3 is 1.73 bits per heavy atom. The van der Waals surface area contributed by atoms with Crippen LogP contribution in [0.2, 0.25) is 0 Å². The molecule has 0 nitrogen and oxygen atoms in total. The molecule has 0 N–H and O–H groups in total. The lowest BCUT2D eigenvalue weighted by molar-refractivity contribution is 1.60. The lowest BCUT2D eigenvalue weighted by Crippen LogP contribution is -1.91. The van der Waals surface area contributed by atoms with Crippen molar-refractivity contribution >= 4 is 39.7 Å². The van der Waals surface area contributed by atoms with E-state index in [1.165, 1.54) is 53.0 Å². The molecule has 0 bridgehead atoms. The molecule has 0 atom stereocenters. The summed E-state index contributed by atoms with van der Waals surface area (Å²) in [5.74, 6) is 0. The Morgan fingerprint density at radius 1 is 0.488 bits per heavy atom. The number of hydrogen-bond acceptors (Lipinski definition) is 1. The highest BCUT2D eigenvalue weighted by Gasteiger charge is 2.16. The molecule has 2 heterocycles. The summed E-state index contributed by atoms with van der Waals surface area (Å²) in [6, 6.07) is 47.0. The van der Waals surface area contributed by atoms with Gasteiger partial charge in [0.25, 0.3) is 0 Å². The fourth-order valence-electron chi connectivity index (χ4n) is 4.66. The molecule has 1 aromatic heterocycles. The van der Waals surface area contributed by atoms with Crippen LogP contribution in [-0.4, -0.2) is 0 Å². The highest BCUT2D eigenvalue weighted by Crippen LogP contribution is 2.42. The number of benzene rings is 4. The second-order valence-electron chi connectivity index (χ2n) is 9.60. The highest BCUT2D eigenvalue weighted by atomic mass is 32.2. The molecule has 0 spiro atoms. The minimum Gasteiger partial charge on any atom is -0.0894 e. The summed E-state index contributed by atoms with van der Waals surface area (Å²) in [6.07, 6.45) is 15.4. The van der Waals surface area contributed by atoms with E-state index in [9.17, 15) is 0 Å². The first-order valence-electron chi connectivity index (χ1n) is 13.7. The van der Waals surface area contributed by atoms with Crippen LogP contribution in [0.15, 0.2) is 175 Å². The molecule has 6 rings (SSSR count). The molecule has 0 unspecified atom stereocenters. The Kier molecular flexibility index (Phi) is 8.62. The highest BCUT2D eigenvalue weighted by molar-refractivity contribution is 8.12. The van der Waals surface area contributed by atoms with Crippen LogP contribution >= 0.6 is 23.1 Å². The zero-order valence-electron chi connectivity index (χ0n) is 22.6. The van der Waals surface area contributed by atoms with Crippen LogP contribution < -0.4 is 0 Å². The van der Waals surface area contributed by atoms with Crippen LogP contribution in [0.5, 0.6) is 0 Å². The van der Waals surface area contributed by atoms with Crippen LogP contribution in [0.3, 0.4) is 0 Å². The maximum atomic E-state index is 2.29. The smallest absolute Gasteiger partial charge is 0.0894 e. The Balaban J connectivity index is 1.26. The summed E-state index contributed by atoms with van der Waals surface area (Å²) in [7, 11) is 0. The van der Waals surface area contributed by atoms with Crippen molar-refractivity contribution < 1.29 is 0 Å². The van der Waals surface area contributed by atoms with Crippen LogP contribution in [0.1, 0.15) is 16.0 Å². The summed E-state index contributed by atoms with van der Waals surface area (Å²) >= 11 is 3.62. The van der Waals surface area contributed by atoms with E-state index in [0.29, 0.717) is 0 Å². The van der Waals surface area contributed by atoms with Gasteiger partial charge < -0.3 is 0 Å². The number of thioether (sulfide) groups is 1. The Hall–Kier alpha value is -4.50. The van der Waals surface area contributed by atoms with Gasteiger partial charge >= 0.3 is 0 Å². The van der Waals surface area contributed by atoms with Crippen molar-refractivity contribution in [1.82, 2.24) is 0 Å². The van der Waals surface area contributed by atoms with Crippen LogP contribution in [0, 0.1) is 0 Å². The van der Waals surface area contributed by atoms with Gasteiger partial charge in [-0.3, -0.25) is 0 Å². The van der Waals surface area contributed by atoms with E-state index >= 15 is 0 Å². The van der Waals surface area contributed by atoms with Crippen molar-refractivity contribution in [2.75, 3.05) is 0 Å². The van der Waals surface area contributed by atoms with Crippen molar-refractivity contribution in [1.29, 1.82) is 0 Å². The van der Waals surface area contributed by atoms with E-state index in [-0.39, 0.29) is 0 Å². The van der Waals surface area contributed by atoms with Gasteiger partial charge in [-0.15, -0.1) is 0 Å². The van der Waals surface area contributed by atoms with Gasteiger partial charge in [-0.2, -0.15) is 0 Å². The maximum Gasteiger partial charge on any atom is 0.239 e. The molecule has 41 heavy (non-hydrogen) atoms. The molecule has 0 saturated carbocycles. The molecular weight excluding hydrogens is 533 g/mol. The molecular formula is C39H29S2+. The Bertz CT molecular complexity index is 1700. The molecule has 196 valence electrons. The van der Waals surface area contributed by atoms with E-state index < -0.39 is 0 Å². The minimum absolute atomic E-state index is 1.22. The molecule has 1 aliphatic rings. The Morgan fingerprint density at radius 2 is 1.07 bits per heavy atom. The average Bonchev–Trinajstić information content (AvgIpc) is 3.06. The summed E-state index contributed by atoms with van der Waals surface area (Å²) in [5, 5.41) is 0. The molecule has 0 fully saturated rings. The first kappa shape index (κ1) is 26.7. The maximum absolute atomic E-state index is 2.29. The fourth-order valence-corrected chi connectivity index (χ4v) is 6.71. The second kappa shape index (κ2) is 13.2. The van der Waals surface area contributed by atoms with Crippen molar-refractivity contribution in [2.45, 2.75) is 0 Å². The standard InChI is InChI=1S/C39H29S2/c1-6-16-30(17-7-1)34-26-36(40-38(28-34)32-20-10-3-11-21-32)24-14-5-15-25-37-27-35(31-18-8-2-9-19-31)29-39(41-37)33-22-12-4-13-23-33/h1-29H/q+1. The molecule has 5 aromatic rings. The average molecular weight is 562 g/mol. The molecule has 0 amide bonds. The normalized spacial score (nSPS) is 14.4. The first-order chi connectivity index (χ1) is 20.3. The van der Waals surface area contributed by atoms with Crippen LogP contribution in [0.25, 0.3) is 38.1 Å². The first-order valence-corrected chi connectivity index (χ1v) is 15.3. The fraction of sp³-hybridized carbons (Fsp3) is 0.